The van der Waals surface area contributed by atoms with Crippen LogP contribution in [0.4, 0.5) is 0 Å². The van der Waals surface area contributed by atoms with Crippen LogP contribution in [0.3, 0.4) is 0 Å². The molecule has 2 saturated heterocycles. The van der Waals surface area contributed by atoms with Crippen LogP contribution in [-0.4, -0.2) is 56.7 Å². The predicted molar refractivity (Wildman–Crippen MR) is 125 cm³/mol. The van der Waals surface area contributed by atoms with E-state index in [1.165, 1.54) is 10.4 Å². The van der Waals surface area contributed by atoms with Crippen molar-refractivity contribution in [3.63, 3.8) is 0 Å². The lowest BCUT2D eigenvalue weighted by Crippen LogP contribution is -2.68. The number of piperidine rings is 1. The molecule has 2 heterocycles. The third kappa shape index (κ3) is 4.25. The first-order valence-corrected chi connectivity index (χ1v) is 13.1. The Bertz CT molecular complexity index is 829. The van der Waals surface area contributed by atoms with Crippen molar-refractivity contribution in [2.45, 2.75) is 69.8 Å². The second-order valence-electron chi connectivity index (χ2n) is 10.1. The van der Waals surface area contributed by atoms with Crippen LogP contribution in [-0.2, 0) is 13.9 Å². The maximum absolute atomic E-state index is 11.1. The van der Waals surface area contributed by atoms with Crippen LogP contribution in [0, 0.1) is 0 Å². The van der Waals surface area contributed by atoms with E-state index in [9.17, 15) is 5.11 Å². The summed E-state index contributed by atoms with van der Waals surface area (Å²) in [5.41, 5.74) is 0. The number of rotatable bonds is 5. The Morgan fingerprint density at radius 2 is 1.55 bits per heavy atom. The van der Waals surface area contributed by atoms with Gasteiger partial charge in [0.25, 0.3) is 8.32 Å². The van der Waals surface area contributed by atoms with Crippen molar-refractivity contribution in [1.82, 2.24) is 5.32 Å². The van der Waals surface area contributed by atoms with E-state index in [1.807, 2.05) is 26.0 Å². The third-order valence-corrected chi connectivity index (χ3v) is 11.5. The molecular weight excluding hydrogens is 406 g/mol. The molecule has 2 fully saturated rings. The van der Waals surface area contributed by atoms with E-state index in [0.29, 0.717) is 13.2 Å². The molecule has 0 aromatic heterocycles. The van der Waals surface area contributed by atoms with Crippen LogP contribution >= 0.6 is 0 Å². The third-order valence-electron chi connectivity index (χ3n) is 6.45. The van der Waals surface area contributed by atoms with Crippen LogP contribution in [0.15, 0.2) is 60.7 Å². The molecule has 0 amide bonds. The van der Waals surface area contributed by atoms with Gasteiger partial charge in [0, 0.05) is 6.54 Å². The zero-order valence-electron chi connectivity index (χ0n) is 19.2. The van der Waals surface area contributed by atoms with Gasteiger partial charge in [-0.25, -0.2) is 0 Å². The lowest BCUT2D eigenvalue weighted by atomic mass is 9.97. The minimum absolute atomic E-state index is 0.104. The molecule has 5 nitrogen and oxygen atoms in total. The van der Waals surface area contributed by atoms with E-state index in [-0.39, 0.29) is 23.3 Å². The summed E-state index contributed by atoms with van der Waals surface area (Å²) < 4.78 is 18.9. The highest BCUT2D eigenvalue weighted by Crippen LogP contribution is 2.38. The summed E-state index contributed by atoms with van der Waals surface area (Å²) in [6.45, 7) is 11.6. The minimum atomic E-state index is -2.65. The van der Waals surface area contributed by atoms with Crippen molar-refractivity contribution in [2.75, 3.05) is 13.2 Å². The van der Waals surface area contributed by atoms with E-state index in [2.05, 4.69) is 74.6 Å². The zero-order valence-corrected chi connectivity index (χ0v) is 20.2. The van der Waals surface area contributed by atoms with Gasteiger partial charge in [0.05, 0.1) is 12.6 Å². The molecule has 168 valence electrons. The Morgan fingerprint density at radius 3 is 2.06 bits per heavy atom. The van der Waals surface area contributed by atoms with Gasteiger partial charge < -0.3 is 24.3 Å². The van der Waals surface area contributed by atoms with E-state index in [0.717, 1.165) is 0 Å². The molecule has 0 radical (unpaired) electrons. The molecule has 4 rings (SSSR count). The number of hydrogen-bond acceptors (Lipinski definition) is 5. The van der Waals surface area contributed by atoms with Crippen molar-refractivity contribution >= 4 is 18.7 Å². The Morgan fingerprint density at radius 1 is 1.00 bits per heavy atom. The Balaban J connectivity index is 1.65. The lowest BCUT2D eigenvalue weighted by molar-refractivity contribution is -0.154. The summed E-state index contributed by atoms with van der Waals surface area (Å²) in [5, 5.41) is 16.9. The average Bonchev–Trinajstić information content (AvgIpc) is 3.05. The first kappa shape index (κ1) is 22.6. The molecular formula is C25H35NO4Si. The summed E-state index contributed by atoms with van der Waals surface area (Å²) in [7, 11) is -2.65. The van der Waals surface area contributed by atoms with Crippen LogP contribution < -0.4 is 15.7 Å². The van der Waals surface area contributed by atoms with Gasteiger partial charge in [-0.05, 0) is 29.3 Å². The first-order valence-electron chi connectivity index (χ1n) is 11.2. The molecule has 0 unspecified atom stereocenters. The van der Waals surface area contributed by atoms with Gasteiger partial charge in [-0.15, -0.1) is 0 Å². The van der Waals surface area contributed by atoms with Gasteiger partial charge in [-0.1, -0.05) is 81.4 Å². The largest absolute Gasteiger partial charge is 0.406 e. The summed E-state index contributed by atoms with van der Waals surface area (Å²) in [6.07, 6.45) is -1.18. The molecule has 2 aliphatic rings. The number of nitrogens with one attached hydrogen (secondary N) is 1. The van der Waals surface area contributed by atoms with Crippen LogP contribution in [0.25, 0.3) is 0 Å². The fourth-order valence-corrected chi connectivity index (χ4v) is 9.65. The lowest BCUT2D eigenvalue weighted by Gasteiger charge is -2.45. The van der Waals surface area contributed by atoms with Crippen molar-refractivity contribution < 1.29 is 19.0 Å². The molecule has 2 aliphatic heterocycles. The molecule has 0 spiro atoms. The molecule has 0 aliphatic carbocycles. The molecule has 4 atom stereocenters. The molecule has 0 bridgehead atoms. The van der Waals surface area contributed by atoms with Gasteiger partial charge in [0.1, 0.15) is 18.3 Å². The first-order chi connectivity index (χ1) is 14.6. The summed E-state index contributed by atoms with van der Waals surface area (Å²) >= 11 is 0. The molecule has 2 N–H and O–H groups in total. The molecule has 2 aromatic carbocycles. The van der Waals surface area contributed by atoms with E-state index in [1.54, 1.807) is 0 Å². The molecule has 6 heteroatoms. The van der Waals surface area contributed by atoms with Gasteiger partial charge >= 0.3 is 0 Å². The van der Waals surface area contributed by atoms with Crippen LogP contribution in [0.2, 0.25) is 5.04 Å². The van der Waals surface area contributed by atoms with E-state index < -0.39 is 20.2 Å². The number of hydrogen-bond donors (Lipinski definition) is 2. The second-order valence-corrected chi connectivity index (χ2v) is 14.4. The summed E-state index contributed by atoms with van der Waals surface area (Å²) in [5.74, 6) is -0.675. The van der Waals surface area contributed by atoms with Crippen molar-refractivity contribution in [3.8, 4) is 0 Å². The highest BCUT2D eigenvalue weighted by atomic mass is 28.4. The highest BCUT2D eigenvalue weighted by Gasteiger charge is 2.53. The maximum Gasteiger partial charge on any atom is 0.261 e. The zero-order chi connectivity index (χ0) is 22.3. The van der Waals surface area contributed by atoms with Crippen molar-refractivity contribution in [3.05, 3.63) is 60.7 Å². The van der Waals surface area contributed by atoms with Crippen LogP contribution in [0.5, 0.6) is 0 Å². The van der Waals surface area contributed by atoms with Gasteiger partial charge in [-0.3, -0.25) is 0 Å². The molecule has 0 saturated carbocycles. The SMILES string of the molecule is CC1(C)O[C@H]2[C@H](O)[C@@H](CO[Si](c3ccccc3)(c3ccccc3)C(C)(C)C)NC[C@@H]2O1. The monoisotopic (exact) mass is 441 g/mol. The Kier molecular flexibility index (Phi) is 6.16. The Labute approximate surface area is 186 Å². The van der Waals surface area contributed by atoms with Crippen molar-refractivity contribution in [1.29, 1.82) is 0 Å². The number of aliphatic hydroxyl groups excluding tert-OH is 1. The normalized spacial score (nSPS) is 28.3. The molecule has 31 heavy (non-hydrogen) atoms. The smallest absolute Gasteiger partial charge is 0.261 e. The highest BCUT2D eigenvalue weighted by molar-refractivity contribution is 6.99. The van der Waals surface area contributed by atoms with Gasteiger partial charge in [0.2, 0.25) is 0 Å². The number of ether oxygens (including phenoxy) is 2. The maximum atomic E-state index is 11.1. The van der Waals surface area contributed by atoms with E-state index >= 15 is 0 Å². The number of fused-ring (bicyclic) bond motifs is 1. The second kappa shape index (κ2) is 8.43. The van der Waals surface area contributed by atoms with Crippen molar-refractivity contribution in [2.24, 2.45) is 0 Å². The topological polar surface area (TPSA) is 60.0 Å². The predicted octanol–water partition coefficient (Wildman–Crippen LogP) is 2.42. The number of benzene rings is 2. The quantitative estimate of drug-likeness (QED) is 0.698. The average molecular weight is 442 g/mol. The standard InChI is InChI=1S/C25H35NO4Si/c1-24(2,3)31(18-12-8-6-9-13-18,19-14-10-7-11-15-19)28-17-20-22(27)23-21(16-26-20)29-25(4,5)30-23/h6-15,20-23,26-27H,16-17H2,1-5H3/t20-,21+,22-,23-/m1/s1. The summed E-state index contributed by atoms with van der Waals surface area (Å²) in [4.78, 5) is 0. The molecule has 2 aromatic rings. The van der Waals surface area contributed by atoms with Gasteiger partial charge in [-0.2, -0.15) is 0 Å². The fourth-order valence-electron chi connectivity index (χ4n) is 5.06. The Hall–Kier alpha value is -1.54. The minimum Gasteiger partial charge on any atom is -0.406 e. The summed E-state index contributed by atoms with van der Waals surface area (Å²) in [6, 6.07) is 20.9. The van der Waals surface area contributed by atoms with Crippen LogP contribution in [0.1, 0.15) is 34.6 Å². The van der Waals surface area contributed by atoms with Gasteiger partial charge in [0.15, 0.2) is 5.79 Å². The number of aliphatic hydroxyl groups is 1. The van der Waals surface area contributed by atoms with E-state index in [4.69, 9.17) is 13.9 Å². The fraction of sp³-hybridized carbons (Fsp3) is 0.520.